The van der Waals surface area contributed by atoms with Gasteiger partial charge < -0.3 is 9.64 Å². The van der Waals surface area contributed by atoms with Gasteiger partial charge in [-0.2, -0.15) is 9.40 Å². The summed E-state index contributed by atoms with van der Waals surface area (Å²) >= 11 is 0. The molecule has 0 aliphatic carbocycles. The molecule has 0 unspecified atom stereocenters. The van der Waals surface area contributed by atoms with Crippen molar-refractivity contribution in [3.63, 3.8) is 0 Å². The smallest absolute Gasteiger partial charge is 0.247 e. The number of sulfonamides is 1. The molecule has 136 valence electrons. The van der Waals surface area contributed by atoms with Gasteiger partial charge in [-0.05, 0) is 26.8 Å². The summed E-state index contributed by atoms with van der Waals surface area (Å²) in [6.07, 6.45) is 0.876. The molecule has 1 aromatic heterocycles. The van der Waals surface area contributed by atoms with Gasteiger partial charge in [0.05, 0.1) is 17.5 Å². The summed E-state index contributed by atoms with van der Waals surface area (Å²) in [5.74, 6) is 0.232. The molecule has 2 fully saturated rings. The number of likely N-dealkylation sites (tertiary alicyclic amines) is 1. The molecule has 3 rings (SSSR count). The van der Waals surface area contributed by atoms with E-state index in [1.807, 2.05) is 6.92 Å². The van der Waals surface area contributed by atoms with Gasteiger partial charge in [0.2, 0.25) is 10.0 Å². The first-order valence-corrected chi connectivity index (χ1v) is 10.0. The van der Waals surface area contributed by atoms with E-state index in [1.165, 1.54) is 0 Å². The third-order valence-electron chi connectivity index (χ3n) is 5.65. The third kappa shape index (κ3) is 2.69. The van der Waals surface area contributed by atoms with Crippen molar-refractivity contribution in [1.82, 2.24) is 19.0 Å². The van der Waals surface area contributed by atoms with Crippen molar-refractivity contribution in [3.8, 4) is 0 Å². The number of ether oxygens (including phenoxy) is 1. The highest BCUT2D eigenvalue weighted by atomic mass is 32.2. The molecule has 0 bridgehead atoms. The predicted molar refractivity (Wildman–Crippen MR) is 91.4 cm³/mol. The predicted octanol–water partition coefficient (Wildman–Crippen LogP) is 0.767. The monoisotopic (exact) mass is 356 g/mol. The van der Waals surface area contributed by atoms with Crippen LogP contribution in [0.2, 0.25) is 0 Å². The minimum absolute atomic E-state index is 0.0207. The molecular formula is C16H28N4O3S. The second-order valence-electron chi connectivity index (χ2n) is 6.89. The van der Waals surface area contributed by atoms with Crippen molar-refractivity contribution in [3.05, 3.63) is 11.4 Å². The highest BCUT2D eigenvalue weighted by Crippen LogP contribution is 2.36. The Bertz CT molecular complexity index is 715. The molecule has 0 aromatic carbocycles. The van der Waals surface area contributed by atoms with Crippen LogP contribution in [0.3, 0.4) is 0 Å². The maximum absolute atomic E-state index is 13.4. The lowest BCUT2D eigenvalue weighted by Gasteiger charge is -2.40. The molecule has 1 aromatic rings. The number of hydrogen-bond donors (Lipinski definition) is 0. The minimum Gasteiger partial charge on any atom is -0.381 e. The molecule has 2 aliphatic heterocycles. The third-order valence-corrected chi connectivity index (χ3v) is 7.83. The number of rotatable bonds is 4. The van der Waals surface area contributed by atoms with Gasteiger partial charge in [-0.15, -0.1) is 0 Å². The second-order valence-corrected chi connectivity index (χ2v) is 8.71. The van der Waals surface area contributed by atoms with Crippen LogP contribution in [0.25, 0.3) is 0 Å². The summed E-state index contributed by atoms with van der Waals surface area (Å²) in [4.78, 5) is 2.69. The van der Waals surface area contributed by atoms with Crippen LogP contribution in [0, 0.1) is 19.8 Å². The van der Waals surface area contributed by atoms with Crippen molar-refractivity contribution >= 4 is 10.0 Å². The van der Waals surface area contributed by atoms with Gasteiger partial charge in [-0.1, -0.05) is 6.92 Å². The van der Waals surface area contributed by atoms with Crippen LogP contribution in [0.1, 0.15) is 24.7 Å². The zero-order chi connectivity index (χ0) is 17.6. The average Bonchev–Trinajstić information content (AvgIpc) is 3.07. The summed E-state index contributed by atoms with van der Waals surface area (Å²) in [5.41, 5.74) is 1.27. The summed E-state index contributed by atoms with van der Waals surface area (Å²) in [6.45, 7) is 8.82. The van der Waals surface area contributed by atoms with E-state index < -0.39 is 10.0 Å². The van der Waals surface area contributed by atoms with Crippen molar-refractivity contribution in [1.29, 1.82) is 0 Å². The standard InChI is InChI=1S/C16H28N4O3S/c1-6-19-9-13-14(10-19)20(8-7-15(13)23-5)24(21,22)16-11(2)17-18(4)12(16)3/h13-15H,6-10H2,1-5H3/t13-,14+,15-/m1/s1. The Labute approximate surface area is 144 Å². The Kier molecular flexibility index (Phi) is 4.76. The molecule has 0 spiro atoms. The first-order chi connectivity index (χ1) is 11.3. The number of aryl methyl sites for hydroxylation is 2. The fourth-order valence-corrected chi connectivity index (χ4v) is 6.37. The lowest BCUT2D eigenvalue weighted by molar-refractivity contribution is 0.00237. The van der Waals surface area contributed by atoms with Crippen molar-refractivity contribution in [2.45, 2.75) is 44.2 Å². The van der Waals surface area contributed by atoms with Crippen LogP contribution in [-0.4, -0.2) is 72.8 Å². The molecular weight excluding hydrogens is 328 g/mol. The highest BCUT2D eigenvalue weighted by molar-refractivity contribution is 7.89. The van der Waals surface area contributed by atoms with E-state index in [-0.39, 0.29) is 18.1 Å². The average molecular weight is 356 g/mol. The van der Waals surface area contributed by atoms with Crippen LogP contribution in [-0.2, 0) is 21.8 Å². The highest BCUT2D eigenvalue weighted by Gasteiger charge is 2.49. The van der Waals surface area contributed by atoms with Crippen LogP contribution in [0.5, 0.6) is 0 Å². The van der Waals surface area contributed by atoms with Crippen LogP contribution >= 0.6 is 0 Å². The molecule has 0 amide bonds. The van der Waals surface area contributed by atoms with E-state index >= 15 is 0 Å². The van der Waals surface area contributed by atoms with E-state index in [1.54, 1.807) is 30.1 Å². The molecule has 2 aliphatic rings. The molecule has 3 heterocycles. The number of likely N-dealkylation sites (N-methyl/N-ethyl adjacent to an activating group) is 1. The van der Waals surface area contributed by atoms with Gasteiger partial charge in [-0.3, -0.25) is 4.68 Å². The maximum Gasteiger partial charge on any atom is 0.247 e. The number of methoxy groups -OCH3 is 1. The number of aromatic nitrogens is 2. The first kappa shape index (κ1) is 17.8. The molecule has 2 saturated heterocycles. The van der Waals surface area contributed by atoms with Crippen molar-refractivity contribution < 1.29 is 13.2 Å². The quantitative estimate of drug-likeness (QED) is 0.797. The molecule has 8 heteroatoms. The first-order valence-electron chi connectivity index (χ1n) is 8.58. The molecule has 24 heavy (non-hydrogen) atoms. The van der Waals surface area contributed by atoms with Crippen molar-refractivity contribution in [2.75, 3.05) is 33.3 Å². The lowest BCUT2D eigenvalue weighted by Crippen LogP contribution is -2.53. The Hall–Kier alpha value is -0.960. The fourth-order valence-electron chi connectivity index (χ4n) is 4.29. The zero-order valence-corrected chi connectivity index (χ0v) is 16.0. The molecule has 7 nitrogen and oxygen atoms in total. The Morgan fingerprint density at radius 3 is 2.54 bits per heavy atom. The van der Waals surface area contributed by atoms with E-state index in [4.69, 9.17) is 4.74 Å². The van der Waals surface area contributed by atoms with E-state index in [0.29, 0.717) is 22.8 Å². The molecule has 0 radical (unpaired) electrons. The van der Waals surface area contributed by atoms with Crippen LogP contribution < -0.4 is 0 Å². The van der Waals surface area contributed by atoms with E-state index in [2.05, 4.69) is 16.9 Å². The summed E-state index contributed by atoms with van der Waals surface area (Å²) < 4.78 is 35.8. The Morgan fingerprint density at radius 2 is 2.00 bits per heavy atom. The Balaban J connectivity index is 1.99. The van der Waals surface area contributed by atoms with Gasteiger partial charge in [0.1, 0.15) is 4.90 Å². The van der Waals surface area contributed by atoms with E-state index in [9.17, 15) is 8.42 Å². The summed E-state index contributed by atoms with van der Waals surface area (Å²) in [6, 6.07) is -0.0207. The molecule has 3 atom stereocenters. The number of hydrogen-bond acceptors (Lipinski definition) is 5. The van der Waals surface area contributed by atoms with Gasteiger partial charge in [0.25, 0.3) is 0 Å². The molecule has 0 N–H and O–H groups in total. The fraction of sp³-hybridized carbons (Fsp3) is 0.812. The Morgan fingerprint density at radius 1 is 1.29 bits per heavy atom. The largest absolute Gasteiger partial charge is 0.381 e. The van der Waals surface area contributed by atoms with E-state index in [0.717, 1.165) is 26.1 Å². The maximum atomic E-state index is 13.4. The zero-order valence-electron chi connectivity index (χ0n) is 15.2. The van der Waals surface area contributed by atoms with Gasteiger partial charge in [0, 0.05) is 45.8 Å². The van der Waals surface area contributed by atoms with Gasteiger partial charge in [0.15, 0.2) is 0 Å². The number of piperidine rings is 1. The SMILES string of the molecule is CCN1C[C@H]2[C@H](OC)CCN(S(=O)(=O)c3c(C)nn(C)c3C)[C@H]2C1. The normalized spacial score (nSPS) is 29.1. The minimum atomic E-state index is -3.55. The van der Waals surface area contributed by atoms with Gasteiger partial charge in [-0.25, -0.2) is 8.42 Å². The lowest BCUT2D eigenvalue weighted by atomic mass is 9.91. The van der Waals surface area contributed by atoms with Crippen LogP contribution in [0.15, 0.2) is 4.90 Å². The second kappa shape index (κ2) is 6.40. The van der Waals surface area contributed by atoms with Crippen molar-refractivity contribution in [2.24, 2.45) is 13.0 Å². The summed E-state index contributed by atoms with van der Waals surface area (Å²) in [7, 11) is -0.0328. The topological polar surface area (TPSA) is 67.7 Å². The number of nitrogens with zero attached hydrogens (tertiary/aromatic N) is 4. The number of fused-ring (bicyclic) bond motifs is 1. The van der Waals surface area contributed by atoms with Gasteiger partial charge >= 0.3 is 0 Å². The molecule has 0 saturated carbocycles. The summed E-state index contributed by atoms with van der Waals surface area (Å²) in [5, 5.41) is 4.30. The van der Waals surface area contributed by atoms with Crippen LogP contribution in [0.4, 0.5) is 0 Å².